The van der Waals surface area contributed by atoms with Gasteiger partial charge >= 0.3 is 0 Å². The van der Waals surface area contributed by atoms with E-state index in [0.29, 0.717) is 41.2 Å². The molecule has 2 fully saturated rings. The highest BCUT2D eigenvalue weighted by Gasteiger charge is 2.19. The number of aromatic nitrogens is 3. The summed E-state index contributed by atoms with van der Waals surface area (Å²) in [6.45, 7) is 5.00. The van der Waals surface area contributed by atoms with Gasteiger partial charge in [-0.1, -0.05) is 11.6 Å². The molecule has 0 radical (unpaired) electrons. The van der Waals surface area contributed by atoms with Gasteiger partial charge in [-0.15, -0.1) is 0 Å². The first-order valence-corrected chi connectivity index (χ1v) is 11.3. The molecule has 2 aliphatic heterocycles. The van der Waals surface area contributed by atoms with Crippen molar-refractivity contribution >= 4 is 40.3 Å². The summed E-state index contributed by atoms with van der Waals surface area (Å²) in [4.78, 5) is 19.9. The number of hydrogen-bond acceptors (Lipinski definition) is 7. The topological polar surface area (TPSA) is 95.8 Å². The third-order valence-electron chi connectivity index (χ3n) is 5.84. The average Bonchev–Trinajstić information content (AvgIpc) is 3.25. The number of ether oxygens (including phenoxy) is 1. The molecule has 0 saturated carbocycles. The fourth-order valence-electron chi connectivity index (χ4n) is 4.11. The van der Waals surface area contributed by atoms with Crippen LogP contribution in [0.5, 0.6) is 0 Å². The van der Waals surface area contributed by atoms with E-state index >= 15 is 0 Å². The summed E-state index contributed by atoms with van der Waals surface area (Å²) in [5, 5.41) is 14.5. The maximum atomic E-state index is 13.0. The van der Waals surface area contributed by atoms with Crippen LogP contribution in [0.3, 0.4) is 0 Å². The second kappa shape index (κ2) is 9.32. The number of nitrogens with zero attached hydrogens (tertiary/aromatic N) is 4. The van der Waals surface area contributed by atoms with Crippen LogP contribution in [0, 0.1) is 0 Å². The van der Waals surface area contributed by atoms with E-state index in [1.54, 1.807) is 4.52 Å². The molecule has 1 aromatic carbocycles. The fourth-order valence-corrected chi connectivity index (χ4v) is 4.33. The summed E-state index contributed by atoms with van der Waals surface area (Å²) in [7, 11) is 0. The van der Waals surface area contributed by atoms with Gasteiger partial charge in [0.15, 0.2) is 5.65 Å². The molecule has 2 aliphatic rings. The summed E-state index contributed by atoms with van der Waals surface area (Å²) < 4.78 is 7.00. The number of hydrogen-bond donors (Lipinski definition) is 3. The number of piperidine rings is 1. The SMILES string of the molecule is O=C(Nc1ccc(N2CCOCC2)cc1Cl)c1cnn2ccc(N[C@@H]3CCCNC3)nc12. The summed E-state index contributed by atoms with van der Waals surface area (Å²) in [6.07, 6.45) is 5.55. The second-order valence-corrected chi connectivity index (χ2v) is 8.45. The van der Waals surface area contributed by atoms with Gasteiger partial charge in [0.05, 0.1) is 30.1 Å². The molecule has 32 heavy (non-hydrogen) atoms. The first-order chi connectivity index (χ1) is 15.7. The highest BCUT2D eigenvalue weighted by atomic mass is 35.5. The van der Waals surface area contributed by atoms with E-state index in [0.717, 1.165) is 50.5 Å². The third-order valence-corrected chi connectivity index (χ3v) is 6.15. The van der Waals surface area contributed by atoms with Gasteiger partial charge in [-0.2, -0.15) is 5.10 Å². The Balaban J connectivity index is 1.32. The van der Waals surface area contributed by atoms with Gasteiger partial charge in [0, 0.05) is 37.6 Å². The summed E-state index contributed by atoms with van der Waals surface area (Å²) in [5.74, 6) is 0.429. The van der Waals surface area contributed by atoms with Crippen LogP contribution < -0.4 is 20.9 Å². The minimum absolute atomic E-state index is 0.301. The minimum Gasteiger partial charge on any atom is -0.378 e. The van der Waals surface area contributed by atoms with Crippen molar-refractivity contribution < 1.29 is 9.53 Å². The van der Waals surface area contributed by atoms with Crippen molar-refractivity contribution in [2.75, 3.05) is 54.9 Å². The molecular weight excluding hydrogens is 430 g/mol. The van der Waals surface area contributed by atoms with Gasteiger partial charge in [-0.3, -0.25) is 4.79 Å². The van der Waals surface area contributed by atoms with Crippen molar-refractivity contribution in [3.8, 4) is 0 Å². The third kappa shape index (κ3) is 4.50. The highest BCUT2D eigenvalue weighted by Crippen LogP contribution is 2.29. The molecule has 0 unspecified atom stereocenters. The standard InChI is InChI=1S/C22H26ClN7O2/c23-18-12-16(29-8-10-32-11-9-29)3-4-19(18)27-22(31)17-14-25-30-7-5-20(28-21(17)30)26-15-2-1-6-24-13-15/h3-5,7,12,14-15,24H,1-2,6,8-11,13H2,(H,26,28)(H,27,31)/t15-/m1/s1. The molecule has 1 amide bonds. The number of fused-ring (bicyclic) bond motifs is 1. The number of morpholine rings is 1. The Labute approximate surface area is 191 Å². The lowest BCUT2D eigenvalue weighted by molar-refractivity contribution is 0.102. The van der Waals surface area contributed by atoms with Gasteiger partial charge in [0.1, 0.15) is 11.4 Å². The molecular formula is C22H26ClN7O2. The quantitative estimate of drug-likeness (QED) is 0.544. The van der Waals surface area contributed by atoms with Crippen molar-refractivity contribution in [3.63, 3.8) is 0 Å². The van der Waals surface area contributed by atoms with Crippen LogP contribution in [0.25, 0.3) is 5.65 Å². The normalized spacial score (nSPS) is 19.2. The van der Waals surface area contributed by atoms with E-state index in [2.05, 4.69) is 30.9 Å². The maximum absolute atomic E-state index is 13.0. The number of halogens is 1. The molecule has 0 spiro atoms. The van der Waals surface area contributed by atoms with E-state index in [9.17, 15) is 4.79 Å². The fraction of sp³-hybridized carbons (Fsp3) is 0.409. The molecule has 168 valence electrons. The lowest BCUT2D eigenvalue weighted by Gasteiger charge is -2.29. The molecule has 2 saturated heterocycles. The molecule has 2 aromatic heterocycles. The zero-order chi connectivity index (χ0) is 21.9. The Bertz CT molecular complexity index is 1110. The van der Waals surface area contributed by atoms with Crippen LogP contribution in [-0.4, -0.2) is 65.9 Å². The van der Waals surface area contributed by atoms with Crippen molar-refractivity contribution in [1.82, 2.24) is 19.9 Å². The lowest BCUT2D eigenvalue weighted by Crippen LogP contribution is -2.38. The zero-order valence-electron chi connectivity index (χ0n) is 17.7. The summed E-state index contributed by atoms with van der Waals surface area (Å²) in [6, 6.07) is 7.85. The van der Waals surface area contributed by atoms with Crippen molar-refractivity contribution in [2.45, 2.75) is 18.9 Å². The number of carbonyl (C=O) groups excluding carboxylic acids is 1. The van der Waals surface area contributed by atoms with Crippen LogP contribution >= 0.6 is 11.6 Å². The number of carbonyl (C=O) groups is 1. The molecule has 1 atom stereocenters. The van der Waals surface area contributed by atoms with Gasteiger partial charge in [-0.25, -0.2) is 9.50 Å². The smallest absolute Gasteiger partial charge is 0.261 e. The molecule has 3 aromatic rings. The van der Waals surface area contributed by atoms with Gasteiger partial charge in [0.25, 0.3) is 5.91 Å². The van der Waals surface area contributed by atoms with Crippen molar-refractivity contribution in [1.29, 1.82) is 0 Å². The van der Waals surface area contributed by atoms with Crippen LogP contribution in [0.4, 0.5) is 17.2 Å². The van der Waals surface area contributed by atoms with E-state index in [4.69, 9.17) is 16.3 Å². The number of amides is 1. The predicted molar refractivity (Wildman–Crippen MR) is 125 cm³/mol. The largest absolute Gasteiger partial charge is 0.378 e. The van der Waals surface area contributed by atoms with Crippen LogP contribution in [-0.2, 0) is 4.74 Å². The second-order valence-electron chi connectivity index (χ2n) is 8.04. The average molecular weight is 456 g/mol. The van der Waals surface area contributed by atoms with E-state index in [-0.39, 0.29) is 5.91 Å². The number of rotatable bonds is 5. The Morgan fingerprint density at radius 2 is 2.12 bits per heavy atom. The number of benzene rings is 1. The van der Waals surface area contributed by atoms with Crippen molar-refractivity contribution in [2.24, 2.45) is 0 Å². The minimum atomic E-state index is -0.301. The Morgan fingerprint density at radius 3 is 2.91 bits per heavy atom. The number of nitrogens with one attached hydrogen (secondary N) is 3. The maximum Gasteiger partial charge on any atom is 0.261 e. The molecule has 5 rings (SSSR count). The Morgan fingerprint density at radius 1 is 1.25 bits per heavy atom. The summed E-state index contributed by atoms with van der Waals surface area (Å²) >= 11 is 6.48. The first kappa shape index (κ1) is 21.0. The van der Waals surface area contributed by atoms with Gasteiger partial charge in [0.2, 0.25) is 0 Å². The van der Waals surface area contributed by atoms with Crippen molar-refractivity contribution in [3.05, 3.63) is 47.2 Å². The first-order valence-electron chi connectivity index (χ1n) is 10.9. The van der Waals surface area contributed by atoms with Crippen LogP contribution in [0.1, 0.15) is 23.2 Å². The molecule has 0 bridgehead atoms. The van der Waals surface area contributed by atoms with Crippen LogP contribution in [0.2, 0.25) is 5.02 Å². The summed E-state index contributed by atoms with van der Waals surface area (Å²) in [5.41, 5.74) is 2.46. The van der Waals surface area contributed by atoms with Gasteiger partial charge in [-0.05, 0) is 43.7 Å². The lowest BCUT2D eigenvalue weighted by atomic mass is 10.1. The molecule has 0 aliphatic carbocycles. The zero-order valence-corrected chi connectivity index (χ0v) is 18.4. The molecule has 9 nitrogen and oxygen atoms in total. The Kier molecular flexibility index (Phi) is 6.11. The molecule has 10 heteroatoms. The van der Waals surface area contributed by atoms with E-state index < -0.39 is 0 Å². The molecule has 3 N–H and O–H groups in total. The highest BCUT2D eigenvalue weighted by molar-refractivity contribution is 6.34. The van der Waals surface area contributed by atoms with Gasteiger partial charge < -0.3 is 25.6 Å². The Hall–Kier alpha value is -2.88. The number of anilines is 3. The predicted octanol–water partition coefficient (Wildman–Crippen LogP) is 2.64. The molecule has 4 heterocycles. The monoisotopic (exact) mass is 455 g/mol. The van der Waals surface area contributed by atoms with Crippen LogP contribution in [0.15, 0.2) is 36.7 Å². The van der Waals surface area contributed by atoms with E-state index in [1.165, 1.54) is 6.20 Å². The van der Waals surface area contributed by atoms with E-state index in [1.807, 2.05) is 30.5 Å².